The molecule has 1 heterocycles. The van der Waals surface area contributed by atoms with Crippen LogP contribution in [-0.2, 0) is 0 Å². The maximum Gasteiger partial charge on any atom is 0.0739 e. The van der Waals surface area contributed by atoms with Gasteiger partial charge in [0.1, 0.15) is 0 Å². The molecule has 1 aromatic rings. The SMILES string of the molecule is C/C=c1/ccnc(C2=CC=CCC2CC=CCC)/c1=C/C. The Morgan fingerprint density at radius 2 is 2.10 bits per heavy atom. The van der Waals surface area contributed by atoms with Crippen LogP contribution in [0.1, 0.15) is 45.7 Å². The second kappa shape index (κ2) is 7.78. The number of hydrogen-bond acceptors (Lipinski definition) is 1. The molecule has 21 heavy (non-hydrogen) atoms. The summed E-state index contributed by atoms with van der Waals surface area (Å²) in [5.41, 5.74) is 2.52. The smallest absolute Gasteiger partial charge is 0.0739 e. The van der Waals surface area contributed by atoms with Crippen LogP contribution >= 0.6 is 0 Å². The van der Waals surface area contributed by atoms with E-state index in [1.807, 2.05) is 6.20 Å². The van der Waals surface area contributed by atoms with Crippen LogP contribution < -0.4 is 10.4 Å². The summed E-state index contributed by atoms with van der Waals surface area (Å²) in [5, 5.41) is 2.52. The molecule has 0 spiro atoms. The summed E-state index contributed by atoms with van der Waals surface area (Å²) in [4.78, 5) is 4.68. The standard InChI is InChI=1S/C20H25N/c1-4-7-8-11-17-12-9-10-13-19(17)20-18(6-3)16(5-2)14-15-21-20/h5-10,13-15,17H,4,11-12H2,1-3H3/b8-7?,16-5-,18-6+. The number of rotatable bonds is 4. The highest BCUT2D eigenvalue weighted by Gasteiger charge is 2.17. The van der Waals surface area contributed by atoms with E-state index in [1.165, 1.54) is 16.0 Å². The normalized spacial score (nSPS) is 20.3. The summed E-state index contributed by atoms with van der Waals surface area (Å²) in [7, 11) is 0. The third-order valence-electron chi connectivity index (χ3n) is 3.99. The van der Waals surface area contributed by atoms with Crippen molar-refractivity contribution in [3.05, 3.63) is 58.8 Å². The molecular weight excluding hydrogens is 254 g/mol. The Bertz CT molecular complexity index is 674. The van der Waals surface area contributed by atoms with E-state index < -0.39 is 0 Å². The number of allylic oxidation sites excluding steroid dienone is 6. The Morgan fingerprint density at radius 1 is 1.24 bits per heavy atom. The van der Waals surface area contributed by atoms with Gasteiger partial charge in [-0.3, -0.25) is 4.98 Å². The first-order valence-electron chi connectivity index (χ1n) is 7.91. The molecule has 110 valence electrons. The van der Waals surface area contributed by atoms with Gasteiger partial charge in [0, 0.05) is 11.4 Å². The van der Waals surface area contributed by atoms with Crippen LogP contribution in [0.3, 0.4) is 0 Å². The molecule has 0 amide bonds. The number of pyridine rings is 1. The molecule has 0 bridgehead atoms. The molecule has 1 aliphatic carbocycles. The van der Waals surface area contributed by atoms with Crippen molar-refractivity contribution in [2.45, 2.75) is 40.0 Å². The zero-order chi connectivity index (χ0) is 15.1. The van der Waals surface area contributed by atoms with Gasteiger partial charge in [0.05, 0.1) is 5.69 Å². The Kier molecular flexibility index (Phi) is 5.74. The molecule has 0 aromatic carbocycles. The topological polar surface area (TPSA) is 12.9 Å². The average Bonchev–Trinajstić information content (AvgIpc) is 2.54. The van der Waals surface area contributed by atoms with Crippen LogP contribution in [0.15, 0.2) is 42.6 Å². The van der Waals surface area contributed by atoms with Crippen LogP contribution in [0.5, 0.6) is 0 Å². The fraction of sp³-hybridized carbons (Fsp3) is 0.350. The molecule has 0 saturated heterocycles. The van der Waals surface area contributed by atoms with Gasteiger partial charge in [-0.05, 0) is 55.9 Å². The monoisotopic (exact) mass is 279 g/mol. The van der Waals surface area contributed by atoms with Crippen molar-refractivity contribution in [2.24, 2.45) is 5.92 Å². The van der Waals surface area contributed by atoms with E-state index in [9.17, 15) is 0 Å². The highest BCUT2D eigenvalue weighted by Crippen LogP contribution is 2.29. The van der Waals surface area contributed by atoms with E-state index in [4.69, 9.17) is 0 Å². The first-order valence-corrected chi connectivity index (χ1v) is 7.91. The minimum absolute atomic E-state index is 0.538. The van der Waals surface area contributed by atoms with Crippen LogP contribution in [0.4, 0.5) is 0 Å². The van der Waals surface area contributed by atoms with Crippen molar-refractivity contribution in [1.29, 1.82) is 0 Å². The summed E-state index contributed by atoms with van der Waals surface area (Å²) in [6.45, 7) is 6.36. The van der Waals surface area contributed by atoms with Gasteiger partial charge in [0.2, 0.25) is 0 Å². The van der Waals surface area contributed by atoms with Crippen molar-refractivity contribution >= 4 is 17.7 Å². The summed E-state index contributed by atoms with van der Waals surface area (Å²) in [6, 6.07) is 2.09. The number of hydrogen-bond donors (Lipinski definition) is 0. The molecule has 1 unspecified atom stereocenters. The molecule has 0 saturated carbocycles. The summed E-state index contributed by atoms with van der Waals surface area (Å²) in [6.07, 6.45) is 20.8. The highest BCUT2D eigenvalue weighted by molar-refractivity contribution is 5.69. The predicted octanol–water partition coefficient (Wildman–Crippen LogP) is 4.00. The third kappa shape index (κ3) is 3.60. The first-order chi connectivity index (χ1) is 10.3. The quantitative estimate of drug-likeness (QED) is 0.759. The lowest BCUT2D eigenvalue weighted by atomic mass is 9.85. The molecule has 1 nitrogen and oxygen atoms in total. The fourth-order valence-corrected chi connectivity index (χ4v) is 2.87. The molecule has 1 aliphatic rings. The van der Waals surface area contributed by atoms with E-state index in [0.717, 1.165) is 25.0 Å². The van der Waals surface area contributed by atoms with Crippen molar-refractivity contribution in [3.63, 3.8) is 0 Å². The Hall–Kier alpha value is -1.89. The molecule has 1 heteroatoms. The van der Waals surface area contributed by atoms with Gasteiger partial charge in [0.15, 0.2) is 0 Å². The summed E-state index contributed by atoms with van der Waals surface area (Å²) in [5.74, 6) is 0.538. The van der Waals surface area contributed by atoms with Gasteiger partial charge in [-0.15, -0.1) is 0 Å². The van der Waals surface area contributed by atoms with Crippen molar-refractivity contribution in [3.8, 4) is 0 Å². The zero-order valence-corrected chi connectivity index (χ0v) is 13.3. The van der Waals surface area contributed by atoms with Gasteiger partial charge in [-0.1, -0.05) is 49.5 Å². The van der Waals surface area contributed by atoms with Crippen molar-refractivity contribution in [2.75, 3.05) is 0 Å². The Balaban J connectivity index is 2.46. The average molecular weight is 279 g/mol. The molecular formula is C20H25N. The molecule has 1 aromatic heterocycles. The Labute approximate surface area is 128 Å². The molecule has 0 radical (unpaired) electrons. The van der Waals surface area contributed by atoms with Crippen LogP contribution in [0, 0.1) is 5.92 Å². The molecule has 0 N–H and O–H groups in total. The number of aromatic nitrogens is 1. The molecule has 2 rings (SSSR count). The van der Waals surface area contributed by atoms with Gasteiger partial charge in [-0.2, -0.15) is 0 Å². The van der Waals surface area contributed by atoms with E-state index in [-0.39, 0.29) is 0 Å². The van der Waals surface area contributed by atoms with E-state index in [0.29, 0.717) is 5.92 Å². The molecule has 1 atom stereocenters. The van der Waals surface area contributed by atoms with E-state index in [1.54, 1.807) is 0 Å². The van der Waals surface area contributed by atoms with Crippen LogP contribution in [0.25, 0.3) is 17.7 Å². The Morgan fingerprint density at radius 3 is 2.81 bits per heavy atom. The minimum Gasteiger partial charge on any atom is -0.256 e. The maximum atomic E-state index is 4.68. The molecule has 0 aliphatic heterocycles. The van der Waals surface area contributed by atoms with Crippen LogP contribution in [0.2, 0.25) is 0 Å². The lowest BCUT2D eigenvalue weighted by Gasteiger charge is -2.20. The van der Waals surface area contributed by atoms with Gasteiger partial charge >= 0.3 is 0 Å². The van der Waals surface area contributed by atoms with Gasteiger partial charge in [-0.25, -0.2) is 0 Å². The first kappa shape index (κ1) is 15.5. The minimum atomic E-state index is 0.538. The van der Waals surface area contributed by atoms with Crippen molar-refractivity contribution in [1.82, 2.24) is 4.98 Å². The van der Waals surface area contributed by atoms with E-state index >= 15 is 0 Å². The molecule has 0 fully saturated rings. The zero-order valence-electron chi connectivity index (χ0n) is 13.3. The van der Waals surface area contributed by atoms with Crippen LogP contribution in [-0.4, -0.2) is 4.98 Å². The summed E-state index contributed by atoms with van der Waals surface area (Å²) < 4.78 is 0. The lowest BCUT2D eigenvalue weighted by Crippen LogP contribution is -2.30. The maximum absolute atomic E-state index is 4.68. The number of nitrogens with zero attached hydrogens (tertiary/aromatic N) is 1. The van der Waals surface area contributed by atoms with Gasteiger partial charge < -0.3 is 0 Å². The fourth-order valence-electron chi connectivity index (χ4n) is 2.87. The predicted molar refractivity (Wildman–Crippen MR) is 93.0 cm³/mol. The highest BCUT2D eigenvalue weighted by atomic mass is 14.7. The second-order valence-electron chi connectivity index (χ2n) is 5.34. The third-order valence-corrected chi connectivity index (χ3v) is 3.99. The van der Waals surface area contributed by atoms with Gasteiger partial charge in [0.25, 0.3) is 0 Å². The summed E-state index contributed by atoms with van der Waals surface area (Å²) >= 11 is 0. The van der Waals surface area contributed by atoms with E-state index in [2.05, 4.69) is 74.4 Å². The largest absolute Gasteiger partial charge is 0.256 e. The lowest BCUT2D eigenvalue weighted by molar-refractivity contribution is 0.684. The second-order valence-corrected chi connectivity index (χ2v) is 5.34. The van der Waals surface area contributed by atoms with Crippen molar-refractivity contribution < 1.29 is 0 Å².